The summed E-state index contributed by atoms with van der Waals surface area (Å²) in [6, 6.07) is 13.6. The van der Waals surface area contributed by atoms with Gasteiger partial charge in [0, 0.05) is 18.2 Å². The molecule has 0 bridgehead atoms. The third-order valence-electron chi connectivity index (χ3n) is 3.06. The first-order valence-corrected chi connectivity index (χ1v) is 7.06. The second kappa shape index (κ2) is 7.98. The number of nitrogens with one attached hydrogen (secondary N) is 1. The van der Waals surface area contributed by atoms with Crippen molar-refractivity contribution in [2.45, 2.75) is 12.8 Å². The average Bonchev–Trinajstić information content (AvgIpc) is 2.52. The normalized spacial score (nSPS) is 10.0. The van der Waals surface area contributed by atoms with Crippen LogP contribution < -0.4 is 10.1 Å². The molecule has 4 heteroatoms. The molecule has 22 heavy (non-hydrogen) atoms. The molecule has 0 radical (unpaired) electrons. The van der Waals surface area contributed by atoms with Gasteiger partial charge in [0.1, 0.15) is 18.2 Å². The van der Waals surface area contributed by atoms with Crippen LogP contribution >= 0.6 is 0 Å². The molecule has 3 nitrogen and oxygen atoms in total. The molecule has 2 aromatic rings. The number of rotatable bonds is 7. The Morgan fingerprint density at radius 2 is 2.05 bits per heavy atom. The molecule has 0 heterocycles. The molecule has 0 saturated heterocycles. The summed E-state index contributed by atoms with van der Waals surface area (Å²) in [6.07, 6.45) is 2.24. The lowest BCUT2D eigenvalue weighted by atomic mass is 10.1. The third-order valence-corrected chi connectivity index (χ3v) is 3.06. The van der Waals surface area contributed by atoms with Crippen molar-refractivity contribution in [2.75, 3.05) is 11.9 Å². The number of anilines is 1. The van der Waals surface area contributed by atoms with E-state index in [1.807, 2.05) is 0 Å². The number of halogens is 1. The fourth-order valence-electron chi connectivity index (χ4n) is 1.99. The predicted molar refractivity (Wildman–Crippen MR) is 85.5 cm³/mol. The maximum atomic E-state index is 13.5. The molecule has 0 fully saturated rings. The molecule has 2 aromatic carbocycles. The summed E-state index contributed by atoms with van der Waals surface area (Å²) >= 11 is 0. The molecule has 0 unspecified atom stereocenters. The van der Waals surface area contributed by atoms with Crippen LogP contribution in [0, 0.1) is 5.82 Å². The van der Waals surface area contributed by atoms with E-state index in [2.05, 4.69) is 11.9 Å². The van der Waals surface area contributed by atoms with E-state index in [1.165, 1.54) is 6.07 Å². The molecule has 1 amide bonds. The van der Waals surface area contributed by atoms with Crippen LogP contribution in [0.15, 0.2) is 61.2 Å². The van der Waals surface area contributed by atoms with Crippen molar-refractivity contribution in [3.05, 3.63) is 72.6 Å². The molecule has 0 aliphatic heterocycles. The van der Waals surface area contributed by atoms with Crippen molar-refractivity contribution in [1.29, 1.82) is 0 Å². The molecule has 0 spiro atoms. The highest BCUT2D eigenvalue weighted by atomic mass is 19.1. The largest absolute Gasteiger partial charge is 0.489 e. The van der Waals surface area contributed by atoms with E-state index >= 15 is 0 Å². The zero-order valence-corrected chi connectivity index (χ0v) is 12.2. The zero-order valence-electron chi connectivity index (χ0n) is 12.2. The van der Waals surface area contributed by atoms with Gasteiger partial charge < -0.3 is 10.1 Å². The van der Waals surface area contributed by atoms with Gasteiger partial charge in [0.25, 0.3) is 0 Å². The van der Waals surface area contributed by atoms with Gasteiger partial charge in [0.15, 0.2) is 0 Å². The first-order chi connectivity index (χ1) is 10.7. The Morgan fingerprint density at radius 1 is 1.23 bits per heavy atom. The minimum atomic E-state index is -0.282. The Balaban J connectivity index is 1.89. The number of amides is 1. The van der Waals surface area contributed by atoms with Crippen LogP contribution in [0.2, 0.25) is 0 Å². The van der Waals surface area contributed by atoms with Gasteiger partial charge in [-0.15, -0.1) is 0 Å². The summed E-state index contributed by atoms with van der Waals surface area (Å²) in [7, 11) is 0. The van der Waals surface area contributed by atoms with E-state index in [0.717, 1.165) is 0 Å². The van der Waals surface area contributed by atoms with Crippen molar-refractivity contribution < 1.29 is 13.9 Å². The lowest BCUT2D eigenvalue weighted by Gasteiger charge is -2.08. The average molecular weight is 299 g/mol. The molecule has 0 saturated carbocycles. The van der Waals surface area contributed by atoms with Gasteiger partial charge >= 0.3 is 0 Å². The SMILES string of the molecule is C=CCOc1cccc(NC(=O)CCc2ccccc2F)c1. The van der Waals surface area contributed by atoms with Crippen LogP contribution in [0.4, 0.5) is 10.1 Å². The highest BCUT2D eigenvalue weighted by Crippen LogP contribution is 2.18. The third kappa shape index (κ3) is 4.74. The van der Waals surface area contributed by atoms with E-state index in [4.69, 9.17) is 4.74 Å². The fraction of sp³-hybridized carbons (Fsp3) is 0.167. The van der Waals surface area contributed by atoms with Gasteiger partial charge in [0.2, 0.25) is 5.91 Å². The molecule has 114 valence electrons. The van der Waals surface area contributed by atoms with Crippen molar-refractivity contribution in [3.8, 4) is 5.75 Å². The monoisotopic (exact) mass is 299 g/mol. The Bertz CT molecular complexity index is 655. The van der Waals surface area contributed by atoms with Crippen LogP contribution in [0.1, 0.15) is 12.0 Å². The molecule has 1 N–H and O–H groups in total. The molecule has 0 atom stereocenters. The van der Waals surface area contributed by atoms with Crippen LogP contribution in [-0.2, 0) is 11.2 Å². The maximum Gasteiger partial charge on any atom is 0.224 e. The Labute approximate surface area is 129 Å². The highest BCUT2D eigenvalue weighted by Gasteiger charge is 2.06. The Hall–Kier alpha value is -2.62. The van der Waals surface area contributed by atoms with Gasteiger partial charge in [-0.3, -0.25) is 4.79 Å². The van der Waals surface area contributed by atoms with E-state index in [0.29, 0.717) is 30.0 Å². The zero-order chi connectivity index (χ0) is 15.8. The van der Waals surface area contributed by atoms with Crippen molar-refractivity contribution in [2.24, 2.45) is 0 Å². The number of hydrogen-bond donors (Lipinski definition) is 1. The first kappa shape index (κ1) is 15.8. The topological polar surface area (TPSA) is 38.3 Å². The maximum absolute atomic E-state index is 13.5. The molecular weight excluding hydrogens is 281 g/mol. The predicted octanol–water partition coefficient (Wildman–Crippen LogP) is 3.96. The summed E-state index contributed by atoms with van der Waals surface area (Å²) < 4.78 is 18.9. The lowest BCUT2D eigenvalue weighted by Crippen LogP contribution is -2.12. The van der Waals surface area contributed by atoms with Crippen LogP contribution in [-0.4, -0.2) is 12.5 Å². The summed E-state index contributed by atoms with van der Waals surface area (Å²) in [6.45, 7) is 3.99. The van der Waals surface area contributed by atoms with E-state index in [-0.39, 0.29) is 18.1 Å². The van der Waals surface area contributed by atoms with Gasteiger partial charge in [-0.25, -0.2) is 4.39 Å². The first-order valence-electron chi connectivity index (χ1n) is 7.06. The molecule has 0 aliphatic carbocycles. The number of hydrogen-bond acceptors (Lipinski definition) is 2. The Kier molecular flexibility index (Phi) is 5.72. The summed E-state index contributed by atoms with van der Waals surface area (Å²) in [5, 5.41) is 2.78. The van der Waals surface area contributed by atoms with E-state index in [9.17, 15) is 9.18 Å². The minimum absolute atomic E-state index is 0.163. The lowest BCUT2D eigenvalue weighted by molar-refractivity contribution is -0.116. The number of carbonyl (C=O) groups excluding carboxylic acids is 1. The van der Waals surface area contributed by atoms with Crippen LogP contribution in [0.25, 0.3) is 0 Å². The second-order valence-electron chi connectivity index (χ2n) is 4.77. The quantitative estimate of drug-likeness (QED) is 0.786. The smallest absolute Gasteiger partial charge is 0.224 e. The van der Waals surface area contributed by atoms with Crippen molar-refractivity contribution in [1.82, 2.24) is 0 Å². The van der Waals surface area contributed by atoms with Crippen molar-refractivity contribution >= 4 is 11.6 Å². The van der Waals surface area contributed by atoms with E-state index < -0.39 is 0 Å². The van der Waals surface area contributed by atoms with Gasteiger partial charge in [0.05, 0.1) is 0 Å². The molecular formula is C18H18FNO2. The van der Waals surface area contributed by atoms with Gasteiger partial charge in [-0.05, 0) is 30.2 Å². The fourth-order valence-corrected chi connectivity index (χ4v) is 1.99. The van der Waals surface area contributed by atoms with E-state index in [1.54, 1.807) is 48.5 Å². The molecule has 0 aromatic heterocycles. The standard InChI is InChI=1S/C18H18FNO2/c1-2-12-22-16-8-5-7-15(13-16)20-18(21)11-10-14-6-3-4-9-17(14)19/h2-9,13H,1,10-12H2,(H,20,21). The number of aryl methyl sites for hydroxylation is 1. The minimum Gasteiger partial charge on any atom is -0.489 e. The van der Waals surface area contributed by atoms with Crippen LogP contribution in [0.3, 0.4) is 0 Å². The van der Waals surface area contributed by atoms with Crippen molar-refractivity contribution in [3.63, 3.8) is 0 Å². The molecule has 0 aliphatic rings. The van der Waals surface area contributed by atoms with Crippen LogP contribution in [0.5, 0.6) is 5.75 Å². The number of ether oxygens (including phenoxy) is 1. The Morgan fingerprint density at radius 3 is 2.82 bits per heavy atom. The van der Waals surface area contributed by atoms with Gasteiger partial charge in [-0.2, -0.15) is 0 Å². The van der Waals surface area contributed by atoms with Gasteiger partial charge in [-0.1, -0.05) is 36.9 Å². The molecule has 2 rings (SSSR count). The summed E-state index contributed by atoms with van der Waals surface area (Å²) in [5.41, 5.74) is 1.20. The second-order valence-corrected chi connectivity index (χ2v) is 4.77. The summed E-state index contributed by atoms with van der Waals surface area (Å²) in [4.78, 5) is 11.9. The number of carbonyl (C=O) groups is 1. The number of benzene rings is 2. The summed E-state index contributed by atoms with van der Waals surface area (Å²) in [5.74, 6) is 0.214. The highest BCUT2D eigenvalue weighted by molar-refractivity contribution is 5.91.